The predicted octanol–water partition coefficient (Wildman–Crippen LogP) is 2.86. The standard InChI is InChI=1S/C15H22N2/c1-17(2)12-14-8-6-13(7-9-14)11-15-5-3-4-10-16-15/h6-9,11,16H,3-5,10,12H2,1-2H3. The zero-order chi connectivity index (χ0) is 12.1. The Kier molecular flexibility index (Phi) is 4.21. The van der Waals surface area contributed by atoms with Crippen molar-refractivity contribution in [2.75, 3.05) is 20.6 Å². The molecule has 0 saturated carbocycles. The highest BCUT2D eigenvalue weighted by Crippen LogP contribution is 2.15. The average molecular weight is 230 g/mol. The zero-order valence-corrected chi connectivity index (χ0v) is 10.9. The molecule has 2 nitrogen and oxygen atoms in total. The van der Waals surface area contributed by atoms with Crippen molar-refractivity contribution in [2.24, 2.45) is 0 Å². The number of nitrogens with one attached hydrogen (secondary N) is 1. The summed E-state index contributed by atoms with van der Waals surface area (Å²) in [6.07, 6.45) is 6.09. The van der Waals surface area contributed by atoms with E-state index >= 15 is 0 Å². The van der Waals surface area contributed by atoms with Gasteiger partial charge in [-0.3, -0.25) is 0 Å². The van der Waals surface area contributed by atoms with Crippen LogP contribution in [0, 0.1) is 0 Å². The van der Waals surface area contributed by atoms with Crippen molar-refractivity contribution in [3.8, 4) is 0 Å². The molecule has 0 atom stereocenters. The van der Waals surface area contributed by atoms with Crippen LogP contribution in [-0.2, 0) is 6.54 Å². The summed E-state index contributed by atoms with van der Waals surface area (Å²) >= 11 is 0. The number of piperidine rings is 1. The first-order chi connectivity index (χ1) is 8.24. The van der Waals surface area contributed by atoms with Crippen LogP contribution in [0.1, 0.15) is 30.4 Å². The molecule has 1 aliphatic heterocycles. The van der Waals surface area contributed by atoms with E-state index in [1.165, 1.54) is 36.1 Å². The lowest BCUT2D eigenvalue weighted by atomic mass is 10.1. The van der Waals surface area contributed by atoms with Gasteiger partial charge in [-0.05, 0) is 50.6 Å². The van der Waals surface area contributed by atoms with E-state index in [9.17, 15) is 0 Å². The lowest BCUT2D eigenvalue weighted by Gasteiger charge is -2.16. The molecule has 1 fully saturated rings. The molecular formula is C15H22N2. The fourth-order valence-corrected chi connectivity index (χ4v) is 2.19. The van der Waals surface area contributed by atoms with Crippen molar-refractivity contribution in [2.45, 2.75) is 25.8 Å². The minimum atomic E-state index is 1.01. The Bertz CT molecular complexity index is 368. The number of hydrogen-bond donors (Lipinski definition) is 1. The van der Waals surface area contributed by atoms with E-state index in [4.69, 9.17) is 0 Å². The van der Waals surface area contributed by atoms with Gasteiger partial charge in [0, 0.05) is 18.8 Å². The first-order valence-electron chi connectivity index (χ1n) is 6.42. The van der Waals surface area contributed by atoms with Crippen LogP contribution in [0.4, 0.5) is 0 Å². The Hall–Kier alpha value is -1.28. The first kappa shape index (κ1) is 12.2. The smallest absolute Gasteiger partial charge is 0.0227 e. The molecular weight excluding hydrogens is 208 g/mol. The molecule has 0 spiro atoms. The van der Waals surface area contributed by atoms with E-state index in [-0.39, 0.29) is 0 Å². The molecule has 0 bridgehead atoms. The lowest BCUT2D eigenvalue weighted by molar-refractivity contribution is 0.402. The molecule has 0 aliphatic carbocycles. The maximum Gasteiger partial charge on any atom is 0.0227 e. The second-order valence-electron chi connectivity index (χ2n) is 5.03. The molecule has 1 aromatic carbocycles. The molecule has 2 rings (SSSR count). The van der Waals surface area contributed by atoms with Gasteiger partial charge in [0.05, 0.1) is 0 Å². The minimum Gasteiger partial charge on any atom is -0.388 e. The van der Waals surface area contributed by atoms with Gasteiger partial charge in [-0.15, -0.1) is 0 Å². The maximum atomic E-state index is 3.47. The van der Waals surface area contributed by atoms with Crippen LogP contribution >= 0.6 is 0 Å². The van der Waals surface area contributed by atoms with E-state index in [1.54, 1.807) is 0 Å². The second-order valence-corrected chi connectivity index (χ2v) is 5.03. The Balaban J connectivity index is 2.02. The molecule has 0 aromatic heterocycles. The second kappa shape index (κ2) is 5.87. The predicted molar refractivity (Wildman–Crippen MR) is 73.7 cm³/mol. The molecule has 1 saturated heterocycles. The average Bonchev–Trinajstić information content (AvgIpc) is 2.32. The Morgan fingerprint density at radius 3 is 2.53 bits per heavy atom. The summed E-state index contributed by atoms with van der Waals surface area (Å²) in [5.41, 5.74) is 4.06. The van der Waals surface area contributed by atoms with Gasteiger partial charge in [0.15, 0.2) is 0 Å². The van der Waals surface area contributed by atoms with Gasteiger partial charge in [0.1, 0.15) is 0 Å². The van der Waals surface area contributed by atoms with E-state index in [1.807, 2.05) is 0 Å². The van der Waals surface area contributed by atoms with Crippen LogP contribution < -0.4 is 5.32 Å². The van der Waals surface area contributed by atoms with Crippen molar-refractivity contribution in [3.63, 3.8) is 0 Å². The monoisotopic (exact) mass is 230 g/mol. The van der Waals surface area contributed by atoms with Gasteiger partial charge in [-0.25, -0.2) is 0 Å². The number of hydrogen-bond acceptors (Lipinski definition) is 2. The molecule has 1 heterocycles. The molecule has 0 amide bonds. The van der Waals surface area contributed by atoms with E-state index in [0.29, 0.717) is 0 Å². The van der Waals surface area contributed by atoms with Gasteiger partial charge in [-0.1, -0.05) is 24.3 Å². The summed E-state index contributed by atoms with van der Waals surface area (Å²) in [4.78, 5) is 2.19. The normalized spacial score (nSPS) is 18.4. The van der Waals surface area contributed by atoms with Crippen molar-refractivity contribution in [1.29, 1.82) is 0 Å². The van der Waals surface area contributed by atoms with Crippen LogP contribution in [0.2, 0.25) is 0 Å². The van der Waals surface area contributed by atoms with E-state index < -0.39 is 0 Å². The van der Waals surface area contributed by atoms with Crippen LogP contribution in [0.5, 0.6) is 0 Å². The summed E-state index contributed by atoms with van der Waals surface area (Å²) in [6, 6.07) is 8.86. The SMILES string of the molecule is CN(C)Cc1ccc(C=C2CCCCN2)cc1. The number of nitrogens with zero attached hydrogens (tertiary/aromatic N) is 1. The van der Waals surface area contributed by atoms with Crippen molar-refractivity contribution >= 4 is 6.08 Å². The highest BCUT2D eigenvalue weighted by Gasteiger charge is 2.03. The number of benzene rings is 1. The zero-order valence-electron chi connectivity index (χ0n) is 10.9. The number of allylic oxidation sites excluding steroid dienone is 1. The van der Waals surface area contributed by atoms with E-state index in [2.05, 4.69) is 54.7 Å². The maximum absolute atomic E-state index is 3.47. The summed E-state index contributed by atoms with van der Waals surface area (Å²) in [6.45, 7) is 2.14. The van der Waals surface area contributed by atoms with Crippen LogP contribution in [0.3, 0.4) is 0 Å². The third-order valence-electron chi connectivity index (χ3n) is 3.04. The molecule has 1 aliphatic rings. The molecule has 1 aromatic rings. The van der Waals surface area contributed by atoms with Gasteiger partial charge in [-0.2, -0.15) is 0 Å². The molecule has 0 unspecified atom stereocenters. The van der Waals surface area contributed by atoms with E-state index in [0.717, 1.165) is 13.1 Å². The molecule has 1 N–H and O–H groups in total. The minimum absolute atomic E-state index is 1.01. The van der Waals surface area contributed by atoms with Crippen molar-refractivity contribution in [1.82, 2.24) is 10.2 Å². The van der Waals surface area contributed by atoms with Crippen molar-refractivity contribution < 1.29 is 0 Å². The largest absolute Gasteiger partial charge is 0.388 e. The quantitative estimate of drug-likeness (QED) is 0.859. The fourth-order valence-electron chi connectivity index (χ4n) is 2.19. The Morgan fingerprint density at radius 1 is 1.18 bits per heavy atom. The van der Waals surface area contributed by atoms with Crippen LogP contribution in [0.25, 0.3) is 6.08 Å². The highest BCUT2D eigenvalue weighted by atomic mass is 15.0. The topological polar surface area (TPSA) is 15.3 Å². The van der Waals surface area contributed by atoms with Gasteiger partial charge in [0.25, 0.3) is 0 Å². The van der Waals surface area contributed by atoms with Gasteiger partial charge in [0.2, 0.25) is 0 Å². The highest BCUT2D eigenvalue weighted by molar-refractivity contribution is 5.53. The van der Waals surface area contributed by atoms with Crippen LogP contribution in [-0.4, -0.2) is 25.5 Å². The molecule has 0 radical (unpaired) electrons. The Labute approximate surface area is 104 Å². The summed E-state index contributed by atoms with van der Waals surface area (Å²) in [5, 5.41) is 3.47. The van der Waals surface area contributed by atoms with Crippen LogP contribution in [0.15, 0.2) is 30.0 Å². The third kappa shape index (κ3) is 3.90. The lowest BCUT2D eigenvalue weighted by Crippen LogP contribution is -2.19. The van der Waals surface area contributed by atoms with Crippen molar-refractivity contribution in [3.05, 3.63) is 41.1 Å². The third-order valence-corrected chi connectivity index (χ3v) is 3.04. The summed E-state index contributed by atoms with van der Waals surface area (Å²) < 4.78 is 0. The van der Waals surface area contributed by atoms with Gasteiger partial charge < -0.3 is 10.2 Å². The first-order valence-corrected chi connectivity index (χ1v) is 6.42. The summed E-state index contributed by atoms with van der Waals surface area (Å²) in [5.74, 6) is 0. The fraction of sp³-hybridized carbons (Fsp3) is 0.467. The number of rotatable bonds is 3. The van der Waals surface area contributed by atoms with Gasteiger partial charge >= 0.3 is 0 Å². The Morgan fingerprint density at radius 2 is 1.94 bits per heavy atom. The molecule has 17 heavy (non-hydrogen) atoms. The molecule has 2 heteroatoms. The summed E-state index contributed by atoms with van der Waals surface area (Å²) in [7, 11) is 4.20. The molecule has 92 valence electrons.